The lowest BCUT2D eigenvalue weighted by atomic mass is 10.0. The summed E-state index contributed by atoms with van der Waals surface area (Å²) in [5, 5.41) is 11.5. The molecule has 1 N–H and O–H groups in total. The van der Waals surface area contributed by atoms with E-state index in [1.807, 2.05) is 25.1 Å². The van der Waals surface area contributed by atoms with E-state index >= 15 is 0 Å². The van der Waals surface area contributed by atoms with Gasteiger partial charge >= 0.3 is 12.4 Å². The molecule has 4 rings (SSSR count). The Hall–Kier alpha value is -3.71. The van der Waals surface area contributed by atoms with Crippen LogP contribution < -0.4 is 10.1 Å². The van der Waals surface area contributed by atoms with Gasteiger partial charge < -0.3 is 10.1 Å². The number of carbonyl (C=O) groups excluding carboxylic acids is 1. The lowest BCUT2D eigenvalue weighted by Crippen LogP contribution is -2.26. The fraction of sp³-hybridized carbons (Fsp3) is 0.222. The normalized spacial score (nSPS) is 11.9. The maximum Gasteiger partial charge on any atom is 0.416 e. The van der Waals surface area contributed by atoms with Crippen LogP contribution in [0.5, 0.6) is 5.75 Å². The van der Waals surface area contributed by atoms with Crippen molar-refractivity contribution in [2.45, 2.75) is 36.7 Å². The Labute approximate surface area is 239 Å². The van der Waals surface area contributed by atoms with Gasteiger partial charge in [0.2, 0.25) is 0 Å². The highest BCUT2D eigenvalue weighted by molar-refractivity contribution is 7.98. The summed E-state index contributed by atoms with van der Waals surface area (Å²) in [6, 6.07) is 13.2. The first-order chi connectivity index (χ1) is 19.3. The average molecular weight is 615 g/mol. The smallest absolute Gasteiger partial charge is 0.416 e. The SMILES string of the molecule is COc1cccc(CSc2nnc(CNC(=O)c3cc(C(F)(F)F)cc(C(F)(F)F)c3)n2-c2cc(Cl)ccc2C)c1. The standard InChI is InChI=1S/C27H21ClF6N4O2S/c1-15-6-7-20(28)12-22(15)38-23(36-37-25(38)41-14-16-4-3-5-21(8-16)40-2)13-35-24(39)17-9-18(26(29,30)31)11-19(10-17)27(32,33)34/h3-12H,13-14H2,1-2H3,(H,35,39). The quantitative estimate of drug-likeness (QED) is 0.164. The first kappa shape index (κ1) is 30.3. The monoisotopic (exact) mass is 614 g/mol. The Kier molecular flexibility index (Phi) is 8.88. The maximum absolute atomic E-state index is 13.3. The highest BCUT2D eigenvalue weighted by atomic mass is 35.5. The van der Waals surface area contributed by atoms with Gasteiger partial charge in [-0.05, 0) is 60.5 Å². The van der Waals surface area contributed by atoms with Gasteiger partial charge in [0.1, 0.15) is 5.75 Å². The number of nitrogens with one attached hydrogen (secondary N) is 1. The molecule has 0 fully saturated rings. The minimum Gasteiger partial charge on any atom is -0.497 e. The van der Waals surface area contributed by atoms with Crippen LogP contribution in [0.3, 0.4) is 0 Å². The highest BCUT2D eigenvalue weighted by Gasteiger charge is 2.37. The summed E-state index contributed by atoms with van der Waals surface area (Å²) in [4.78, 5) is 12.8. The number of nitrogens with zero attached hydrogens (tertiary/aromatic N) is 3. The summed E-state index contributed by atoms with van der Waals surface area (Å²) in [6.07, 6.45) is -10.2. The number of aryl methyl sites for hydroxylation is 1. The molecule has 14 heteroatoms. The van der Waals surface area contributed by atoms with E-state index in [1.54, 1.807) is 35.9 Å². The van der Waals surface area contributed by atoms with Crippen molar-refractivity contribution >= 4 is 29.3 Å². The van der Waals surface area contributed by atoms with Crippen molar-refractivity contribution < 1.29 is 35.9 Å². The third kappa shape index (κ3) is 7.33. The summed E-state index contributed by atoms with van der Waals surface area (Å²) in [5.74, 6) is 0.164. The van der Waals surface area contributed by atoms with Crippen molar-refractivity contribution in [1.82, 2.24) is 20.1 Å². The van der Waals surface area contributed by atoms with Crippen molar-refractivity contribution in [3.8, 4) is 11.4 Å². The van der Waals surface area contributed by atoms with E-state index < -0.39 is 35.0 Å². The second-order valence-electron chi connectivity index (χ2n) is 8.78. The second kappa shape index (κ2) is 12.0. The van der Waals surface area contributed by atoms with E-state index in [1.165, 1.54) is 11.8 Å². The van der Waals surface area contributed by atoms with Crippen LogP contribution in [0.4, 0.5) is 26.3 Å². The van der Waals surface area contributed by atoms with Crippen LogP contribution in [-0.2, 0) is 24.7 Å². The van der Waals surface area contributed by atoms with Crippen molar-refractivity contribution in [2.24, 2.45) is 0 Å². The van der Waals surface area contributed by atoms with E-state index in [-0.39, 0.29) is 18.4 Å². The van der Waals surface area contributed by atoms with Gasteiger partial charge in [0.05, 0.1) is 30.5 Å². The van der Waals surface area contributed by atoms with Crippen molar-refractivity contribution in [2.75, 3.05) is 7.11 Å². The molecular weight excluding hydrogens is 594 g/mol. The molecule has 0 saturated carbocycles. The Balaban J connectivity index is 1.65. The molecule has 3 aromatic carbocycles. The molecular formula is C27H21ClF6N4O2S. The van der Waals surface area contributed by atoms with Gasteiger partial charge in [-0.25, -0.2) is 0 Å². The zero-order valence-electron chi connectivity index (χ0n) is 21.4. The Bertz CT molecular complexity index is 1540. The number of hydrogen-bond donors (Lipinski definition) is 1. The Morgan fingerprint density at radius 1 is 0.976 bits per heavy atom. The van der Waals surface area contributed by atoms with Crippen molar-refractivity contribution in [3.63, 3.8) is 0 Å². The largest absolute Gasteiger partial charge is 0.497 e. The fourth-order valence-corrected chi connectivity index (χ4v) is 4.90. The number of alkyl halides is 6. The maximum atomic E-state index is 13.3. The first-order valence-corrected chi connectivity index (χ1v) is 13.2. The van der Waals surface area contributed by atoms with E-state index in [9.17, 15) is 31.1 Å². The molecule has 6 nitrogen and oxygen atoms in total. The lowest BCUT2D eigenvalue weighted by molar-refractivity contribution is -0.143. The molecule has 0 aliphatic heterocycles. The number of hydrogen-bond acceptors (Lipinski definition) is 5. The van der Waals surface area contributed by atoms with Crippen LogP contribution in [0.2, 0.25) is 5.02 Å². The molecule has 41 heavy (non-hydrogen) atoms. The molecule has 0 saturated heterocycles. The van der Waals surface area contributed by atoms with E-state index in [0.717, 1.165) is 11.1 Å². The predicted octanol–water partition coefficient (Wildman–Crippen LogP) is 7.50. The van der Waals surface area contributed by atoms with E-state index in [4.69, 9.17) is 16.3 Å². The fourth-order valence-electron chi connectivity index (χ4n) is 3.83. The van der Waals surface area contributed by atoms with Gasteiger partial charge in [0.15, 0.2) is 11.0 Å². The highest BCUT2D eigenvalue weighted by Crippen LogP contribution is 2.36. The molecule has 4 aromatic rings. The summed E-state index contributed by atoms with van der Waals surface area (Å²) < 4.78 is 86.4. The molecule has 0 bridgehead atoms. The number of aromatic nitrogens is 3. The summed E-state index contributed by atoms with van der Waals surface area (Å²) in [5.41, 5.74) is -1.70. The van der Waals surface area contributed by atoms with Gasteiger partial charge in [0.25, 0.3) is 5.91 Å². The number of methoxy groups -OCH3 is 1. The number of amides is 1. The van der Waals surface area contributed by atoms with Crippen LogP contribution in [0.15, 0.2) is 65.8 Å². The zero-order valence-corrected chi connectivity index (χ0v) is 23.0. The molecule has 1 aromatic heterocycles. The number of thioether (sulfide) groups is 1. The molecule has 1 amide bonds. The molecule has 0 aliphatic rings. The van der Waals surface area contributed by atoms with Gasteiger partial charge in [-0.15, -0.1) is 10.2 Å². The van der Waals surface area contributed by atoms with Crippen LogP contribution in [0.1, 0.15) is 38.4 Å². The lowest BCUT2D eigenvalue weighted by Gasteiger charge is -2.15. The number of ether oxygens (including phenoxy) is 1. The molecule has 0 radical (unpaired) electrons. The second-order valence-corrected chi connectivity index (χ2v) is 10.2. The summed E-state index contributed by atoms with van der Waals surface area (Å²) in [7, 11) is 1.55. The molecule has 216 valence electrons. The molecule has 0 atom stereocenters. The van der Waals surface area contributed by atoms with Gasteiger partial charge in [-0.2, -0.15) is 26.3 Å². The minimum absolute atomic E-state index is 0.0405. The summed E-state index contributed by atoms with van der Waals surface area (Å²) >= 11 is 7.54. The molecule has 0 unspecified atom stereocenters. The van der Waals surface area contributed by atoms with Crippen LogP contribution in [0, 0.1) is 6.92 Å². The Morgan fingerprint density at radius 3 is 2.29 bits per heavy atom. The zero-order chi connectivity index (χ0) is 29.9. The van der Waals surface area contributed by atoms with E-state index in [0.29, 0.717) is 39.5 Å². The van der Waals surface area contributed by atoms with Crippen LogP contribution in [0.25, 0.3) is 5.69 Å². The summed E-state index contributed by atoms with van der Waals surface area (Å²) in [6.45, 7) is 1.46. The Morgan fingerprint density at radius 2 is 1.66 bits per heavy atom. The van der Waals surface area contributed by atoms with Crippen molar-refractivity contribution in [3.05, 3.63) is 99.3 Å². The third-order valence-corrected chi connectivity index (χ3v) is 7.11. The average Bonchev–Trinajstić information content (AvgIpc) is 3.33. The van der Waals surface area contributed by atoms with Crippen molar-refractivity contribution in [1.29, 1.82) is 0 Å². The van der Waals surface area contributed by atoms with Crippen LogP contribution in [-0.4, -0.2) is 27.8 Å². The molecule has 0 aliphatic carbocycles. The third-order valence-electron chi connectivity index (χ3n) is 5.87. The number of halogens is 7. The first-order valence-electron chi connectivity index (χ1n) is 11.8. The number of benzene rings is 3. The van der Waals surface area contributed by atoms with Gasteiger partial charge in [-0.3, -0.25) is 9.36 Å². The molecule has 0 spiro atoms. The predicted molar refractivity (Wildman–Crippen MR) is 141 cm³/mol. The van der Waals surface area contributed by atoms with Gasteiger partial charge in [0, 0.05) is 16.3 Å². The number of carbonyl (C=O) groups is 1. The van der Waals surface area contributed by atoms with Gasteiger partial charge in [-0.1, -0.05) is 41.6 Å². The van der Waals surface area contributed by atoms with Crippen LogP contribution >= 0.6 is 23.4 Å². The number of rotatable bonds is 8. The topological polar surface area (TPSA) is 69.0 Å². The van der Waals surface area contributed by atoms with E-state index in [2.05, 4.69) is 15.5 Å². The minimum atomic E-state index is -5.09. The molecule has 1 heterocycles.